The minimum Gasteiger partial charge on any atom is -0.347 e. The number of hydrogen-bond acceptors (Lipinski definition) is 5. The number of nitrogens with zero attached hydrogens (tertiary/aromatic N) is 1. The minimum absolute atomic E-state index is 0.157. The summed E-state index contributed by atoms with van der Waals surface area (Å²) in [5, 5.41) is 3.29. The van der Waals surface area contributed by atoms with E-state index in [-0.39, 0.29) is 6.54 Å². The highest BCUT2D eigenvalue weighted by Crippen LogP contribution is 2.25. The van der Waals surface area contributed by atoms with Gasteiger partial charge >= 0.3 is 0 Å². The summed E-state index contributed by atoms with van der Waals surface area (Å²) >= 11 is 1.50. The van der Waals surface area contributed by atoms with E-state index in [9.17, 15) is 8.42 Å². The van der Waals surface area contributed by atoms with Gasteiger partial charge < -0.3 is 10.3 Å². The van der Waals surface area contributed by atoms with Crippen molar-refractivity contribution in [3.05, 3.63) is 34.0 Å². The van der Waals surface area contributed by atoms with Crippen molar-refractivity contribution in [2.24, 2.45) is 0 Å². The van der Waals surface area contributed by atoms with Crippen molar-refractivity contribution in [2.75, 3.05) is 0 Å². The van der Waals surface area contributed by atoms with Gasteiger partial charge in [-0.25, -0.2) is 18.1 Å². The average molecular weight is 328 g/mol. The molecule has 0 aliphatic heterocycles. The van der Waals surface area contributed by atoms with Crippen LogP contribution in [0.1, 0.15) is 29.4 Å². The molecule has 0 atom stereocenters. The molecule has 0 unspecified atom stereocenters. The van der Waals surface area contributed by atoms with Crippen molar-refractivity contribution in [1.82, 2.24) is 20.0 Å². The number of imidazole rings is 1. The third-order valence-electron chi connectivity index (χ3n) is 2.88. The number of nitrogens with one attached hydrogen (secondary N) is 3. The van der Waals surface area contributed by atoms with Gasteiger partial charge in [0.25, 0.3) is 0 Å². The van der Waals surface area contributed by atoms with E-state index in [1.807, 2.05) is 6.92 Å². The van der Waals surface area contributed by atoms with Crippen LogP contribution in [0.5, 0.6) is 0 Å². The van der Waals surface area contributed by atoms with E-state index in [0.29, 0.717) is 23.3 Å². The van der Waals surface area contributed by atoms with Crippen LogP contribution in [0.15, 0.2) is 23.4 Å². The van der Waals surface area contributed by atoms with Crippen LogP contribution in [0, 0.1) is 6.92 Å². The van der Waals surface area contributed by atoms with Crippen molar-refractivity contribution < 1.29 is 8.42 Å². The highest BCUT2D eigenvalue weighted by atomic mass is 32.2. The molecule has 6 nitrogen and oxygen atoms in total. The van der Waals surface area contributed by atoms with Gasteiger partial charge in [0.2, 0.25) is 10.0 Å². The quantitative estimate of drug-likeness (QED) is 0.723. The fraction of sp³-hybridized carbons (Fsp3) is 0.462. The predicted molar refractivity (Wildman–Crippen MR) is 83.6 cm³/mol. The Kier molecular flexibility index (Phi) is 5.15. The van der Waals surface area contributed by atoms with E-state index in [2.05, 4.69) is 33.9 Å². The van der Waals surface area contributed by atoms with Crippen LogP contribution >= 0.6 is 11.3 Å². The van der Waals surface area contributed by atoms with Crippen molar-refractivity contribution in [3.63, 3.8) is 0 Å². The maximum absolute atomic E-state index is 12.3. The summed E-state index contributed by atoms with van der Waals surface area (Å²) in [5.74, 6) is 0.591. The molecule has 0 bridgehead atoms. The molecule has 0 amide bonds. The lowest BCUT2D eigenvalue weighted by Gasteiger charge is -2.05. The molecular formula is C13H20N4O2S2. The third-order valence-corrected chi connectivity index (χ3v) is 5.59. The summed E-state index contributed by atoms with van der Waals surface area (Å²) in [6, 6.07) is 2.10. The maximum Gasteiger partial charge on any atom is 0.242 e. The SMILES string of the molecule is Cc1sc(CNC(C)C)cc1S(=O)(=O)NCc1ncc[nH]1. The summed E-state index contributed by atoms with van der Waals surface area (Å²) in [7, 11) is -3.51. The molecule has 0 aliphatic carbocycles. The van der Waals surface area contributed by atoms with Crippen LogP contribution in [-0.2, 0) is 23.1 Å². The number of hydrogen-bond donors (Lipinski definition) is 3. The van der Waals surface area contributed by atoms with Crippen LogP contribution in [0.4, 0.5) is 0 Å². The van der Waals surface area contributed by atoms with E-state index in [0.717, 1.165) is 9.75 Å². The monoisotopic (exact) mass is 328 g/mol. The molecule has 21 heavy (non-hydrogen) atoms. The number of rotatable bonds is 7. The molecule has 0 aromatic carbocycles. The number of sulfonamides is 1. The largest absolute Gasteiger partial charge is 0.347 e. The predicted octanol–water partition coefficient (Wildman–Crippen LogP) is 1.76. The van der Waals surface area contributed by atoms with Gasteiger partial charge in [-0.05, 0) is 13.0 Å². The smallest absolute Gasteiger partial charge is 0.242 e. The molecular weight excluding hydrogens is 308 g/mol. The van der Waals surface area contributed by atoms with Crippen molar-refractivity contribution in [3.8, 4) is 0 Å². The van der Waals surface area contributed by atoms with Gasteiger partial charge in [-0.3, -0.25) is 0 Å². The van der Waals surface area contributed by atoms with Crippen molar-refractivity contribution in [1.29, 1.82) is 0 Å². The number of aromatic nitrogens is 2. The van der Waals surface area contributed by atoms with E-state index < -0.39 is 10.0 Å². The summed E-state index contributed by atoms with van der Waals surface area (Å²) in [4.78, 5) is 9.02. The summed E-state index contributed by atoms with van der Waals surface area (Å²) in [5.41, 5.74) is 0. The van der Waals surface area contributed by atoms with Gasteiger partial charge in [-0.2, -0.15) is 0 Å². The second-order valence-corrected chi connectivity index (χ2v) is 8.11. The number of H-pyrrole nitrogens is 1. The molecule has 116 valence electrons. The van der Waals surface area contributed by atoms with E-state index >= 15 is 0 Å². The van der Waals surface area contributed by atoms with Crippen LogP contribution in [0.3, 0.4) is 0 Å². The Balaban J connectivity index is 2.08. The maximum atomic E-state index is 12.3. The molecule has 8 heteroatoms. The van der Waals surface area contributed by atoms with Gasteiger partial charge in [-0.15, -0.1) is 11.3 Å². The third kappa shape index (κ3) is 4.37. The first kappa shape index (κ1) is 16.2. The lowest BCUT2D eigenvalue weighted by Crippen LogP contribution is -2.24. The highest BCUT2D eigenvalue weighted by Gasteiger charge is 2.20. The molecule has 2 aromatic rings. The summed E-state index contributed by atoms with van der Waals surface area (Å²) < 4.78 is 27.2. The van der Waals surface area contributed by atoms with Crippen molar-refractivity contribution >= 4 is 21.4 Å². The van der Waals surface area contributed by atoms with E-state index in [1.54, 1.807) is 18.5 Å². The normalized spacial score (nSPS) is 12.2. The molecule has 0 fully saturated rings. The zero-order valence-electron chi connectivity index (χ0n) is 12.3. The summed E-state index contributed by atoms with van der Waals surface area (Å²) in [6.07, 6.45) is 3.25. The number of aryl methyl sites for hydroxylation is 1. The van der Waals surface area contributed by atoms with Crippen LogP contribution in [0.2, 0.25) is 0 Å². The van der Waals surface area contributed by atoms with Gasteiger partial charge in [0.1, 0.15) is 5.82 Å². The Morgan fingerprint density at radius 3 is 2.76 bits per heavy atom. The molecule has 2 aromatic heterocycles. The zero-order chi connectivity index (χ0) is 15.5. The number of aromatic amines is 1. The first-order valence-electron chi connectivity index (χ1n) is 6.69. The first-order valence-corrected chi connectivity index (χ1v) is 8.99. The average Bonchev–Trinajstić information content (AvgIpc) is 3.03. The molecule has 0 radical (unpaired) electrons. The Labute approximate surface area is 129 Å². The molecule has 0 spiro atoms. The Hall–Kier alpha value is -1.22. The molecule has 0 aliphatic rings. The lowest BCUT2D eigenvalue weighted by atomic mass is 10.3. The van der Waals surface area contributed by atoms with Crippen LogP contribution in [-0.4, -0.2) is 24.4 Å². The molecule has 0 saturated carbocycles. The second-order valence-electron chi connectivity index (χ2n) is 5.03. The van der Waals surface area contributed by atoms with Gasteiger partial charge in [0, 0.05) is 34.7 Å². The van der Waals surface area contributed by atoms with Crippen LogP contribution < -0.4 is 10.0 Å². The second kappa shape index (κ2) is 6.69. The van der Waals surface area contributed by atoms with E-state index in [1.165, 1.54) is 11.3 Å². The van der Waals surface area contributed by atoms with Gasteiger partial charge in [-0.1, -0.05) is 13.8 Å². The van der Waals surface area contributed by atoms with Crippen molar-refractivity contribution in [2.45, 2.75) is 44.8 Å². The lowest BCUT2D eigenvalue weighted by molar-refractivity contribution is 0.578. The standard InChI is InChI=1S/C13H20N4O2S2/c1-9(2)16-7-11-6-12(10(3)20-11)21(18,19)17-8-13-14-4-5-15-13/h4-6,9,16-17H,7-8H2,1-3H3,(H,14,15). The fourth-order valence-electron chi connectivity index (χ4n) is 1.82. The minimum atomic E-state index is -3.51. The Morgan fingerprint density at radius 1 is 1.38 bits per heavy atom. The van der Waals surface area contributed by atoms with Gasteiger partial charge in [0.05, 0.1) is 11.4 Å². The Bertz CT molecular complexity index is 675. The molecule has 2 heterocycles. The molecule has 2 rings (SSSR count). The van der Waals surface area contributed by atoms with Crippen LogP contribution in [0.25, 0.3) is 0 Å². The number of thiophene rings is 1. The first-order chi connectivity index (χ1) is 9.88. The van der Waals surface area contributed by atoms with Gasteiger partial charge in [0.15, 0.2) is 0 Å². The van der Waals surface area contributed by atoms with E-state index in [4.69, 9.17) is 0 Å². The highest BCUT2D eigenvalue weighted by molar-refractivity contribution is 7.89. The molecule has 0 saturated heterocycles. The molecule has 3 N–H and O–H groups in total. The summed E-state index contributed by atoms with van der Waals surface area (Å²) in [6.45, 7) is 6.78. The zero-order valence-corrected chi connectivity index (χ0v) is 13.9. The topological polar surface area (TPSA) is 86.9 Å². The Morgan fingerprint density at radius 2 is 2.14 bits per heavy atom. The fourth-order valence-corrected chi connectivity index (χ4v) is 4.39.